The first kappa shape index (κ1) is 23.4. The Bertz CT molecular complexity index is 1180. The number of fused-ring (bicyclic) bond motifs is 1. The number of piperidine rings is 1. The molecule has 0 unspecified atom stereocenters. The highest BCUT2D eigenvalue weighted by Gasteiger charge is 2.45. The molecule has 0 spiro atoms. The van der Waals surface area contributed by atoms with Crippen molar-refractivity contribution in [3.05, 3.63) is 53.6 Å². The highest BCUT2D eigenvalue weighted by molar-refractivity contribution is 7.89. The van der Waals surface area contributed by atoms with Crippen molar-refractivity contribution in [1.29, 1.82) is 0 Å². The molecule has 0 atom stereocenters. The number of sulfonamides is 1. The molecule has 176 valence electrons. The van der Waals surface area contributed by atoms with E-state index < -0.39 is 15.4 Å². The minimum atomic E-state index is -3.64. The lowest BCUT2D eigenvalue weighted by Crippen LogP contribution is -2.40. The van der Waals surface area contributed by atoms with Gasteiger partial charge >= 0.3 is 0 Å². The minimum absolute atomic E-state index is 0.140. The van der Waals surface area contributed by atoms with Crippen LogP contribution in [0.25, 0.3) is 0 Å². The van der Waals surface area contributed by atoms with Gasteiger partial charge in [-0.3, -0.25) is 9.59 Å². The molecule has 0 aromatic heterocycles. The summed E-state index contributed by atoms with van der Waals surface area (Å²) in [5, 5.41) is 2.82. The van der Waals surface area contributed by atoms with E-state index in [0.717, 1.165) is 18.4 Å². The van der Waals surface area contributed by atoms with Crippen molar-refractivity contribution in [3.8, 4) is 0 Å². The summed E-state index contributed by atoms with van der Waals surface area (Å²) in [6, 6.07) is 12.2. The SMILES string of the molecule is Cc1ccc(NC(=O)CN2C(=O)C(C)(C)c3cc(S(=O)(=O)N4CCC(C)CC4)ccc32)cc1. The summed E-state index contributed by atoms with van der Waals surface area (Å²) >= 11 is 0. The average molecular weight is 470 g/mol. The Morgan fingerprint density at radius 3 is 2.36 bits per heavy atom. The molecular weight excluding hydrogens is 438 g/mol. The van der Waals surface area contributed by atoms with Crippen LogP contribution >= 0.6 is 0 Å². The molecule has 0 radical (unpaired) electrons. The number of rotatable bonds is 5. The fourth-order valence-electron chi connectivity index (χ4n) is 4.49. The molecule has 2 aromatic carbocycles. The second-order valence-corrected chi connectivity index (χ2v) is 11.6. The molecule has 0 saturated carbocycles. The summed E-state index contributed by atoms with van der Waals surface area (Å²) in [5.74, 6) is -0.0134. The molecule has 1 fully saturated rings. The minimum Gasteiger partial charge on any atom is -0.325 e. The predicted octanol–water partition coefficient (Wildman–Crippen LogP) is 3.68. The highest BCUT2D eigenvalue weighted by Crippen LogP contribution is 2.43. The van der Waals surface area contributed by atoms with Gasteiger partial charge in [0.15, 0.2) is 0 Å². The van der Waals surface area contributed by atoms with Crippen LogP contribution < -0.4 is 10.2 Å². The van der Waals surface area contributed by atoms with Crippen molar-refractivity contribution in [3.63, 3.8) is 0 Å². The molecule has 8 heteroatoms. The lowest BCUT2D eigenvalue weighted by Gasteiger charge is -2.29. The molecule has 2 aliphatic heterocycles. The fourth-order valence-corrected chi connectivity index (χ4v) is 5.98. The van der Waals surface area contributed by atoms with Crippen LogP contribution in [-0.4, -0.2) is 44.2 Å². The molecule has 2 heterocycles. The van der Waals surface area contributed by atoms with Gasteiger partial charge in [0.25, 0.3) is 0 Å². The Kier molecular flexibility index (Phi) is 6.09. The summed E-state index contributed by atoms with van der Waals surface area (Å²) < 4.78 is 28.0. The Morgan fingerprint density at radius 2 is 1.73 bits per heavy atom. The van der Waals surface area contributed by atoms with Crippen LogP contribution in [0.15, 0.2) is 47.4 Å². The zero-order chi connectivity index (χ0) is 24.0. The average Bonchev–Trinajstić information content (AvgIpc) is 2.96. The molecule has 1 N–H and O–H groups in total. The first-order valence-corrected chi connectivity index (χ1v) is 12.8. The van der Waals surface area contributed by atoms with E-state index in [2.05, 4.69) is 12.2 Å². The van der Waals surface area contributed by atoms with E-state index in [-0.39, 0.29) is 23.3 Å². The van der Waals surface area contributed by atoms with Crippen molar-refractivity contribution in [1.82, 2.24) is 4.31 Å². The number of benzene rings is 2. The highest BCUT2D eigenvalue weighted by atomic mass is 32.2. The maximum atomic E-state index is 13.2. The molecule has 1 saturated heterocycles. The summed E-state index contributed by atoms with van der Waals surface area (Å²) in [6.45, 7) is 8.52. The third kappa shape index (κ3) is 4.42. The second kappa shape index (κ2) is 8.57. The molecule has 4 rings (SSSR count). The Labute approximate surface area is 195 Å². The molecular formula is C25H31N3O4S. The molecule has 2 amide bonds. The fraction of sp³-hybridized carbons (Fsp3) is 0.440. The van der Waals surface area contributed by atoms with E-state index in [1.807, 2.05) is 31.2 Å². The maximum absolute atomic E-state index is 13.2. The van der Waals surface area contributed by atoms with Gasteiger partial charge in [-0.15, -0.1) is 0 Å². The van der Waals surface area contributed by atoms with E-state index in [1.54, 1.807) is 32.0 Å². The topological polar surface area (TPSA) is 86.8 Å². The number of carbonyl (C=O) groups is 2. The summed E-state index contributed by atoms with van der Waals surface area (Å²) in [5.41, 5.74) is 2.02. The first-order valence-electron chi connectivity index (χ1n) is 11.3. The summed E-state index contributed by atoms with van der Waals surface area (Å²) in [6.07, 6.45) is 1.69. The number of carbonyl (C=O) groups excluding carboxylic acids is 2. The van der Waals surface area contributed by atoms with Crippen molar-refractivity contribution >= 4 is 33.2 Å². The van der Waals surface area contributed by atoms with Crippen molar-refractivity contribution < 1.29 is 18.0 Å². The second-order valence-electron chi connectivity index (χ2n) is 9.70. The molecule has 2 aliphatic rings. The van der Waals surface area contributed by atoms with Crippen LogP contribution in [0.4, 0.5) is 11.4 Å². The normalized spacial score (nSPS) is 18.9. The van der Waals surface area contributed by atoms with Gasteiger partial charge in [-0.05, 0) is 75.4 Å². The summed E-state index contributed by atoms with van der Waals surface area (Å²) in [4.78, 5) is 27.5. The quantitative estimate of drug-likeness (QED) is 0.724. The van der Waals surface area contributed by atoms with Crippen molar-refractivity contribution in [2.75, 3.05) is 29.9 Å². The maximum Gasteiger partial charge on any atom is 0.244 e. The third-order valence-corrected chi connectivity index (χ3v) is 8.62. The standard InChI is InChI=1S/C25H31N3O4S/c1-17-5-7-19(8-6-17)26-23(29)16-28-22-10-9-20(15-21(22)25(3,4)24(28)30)33(31,32)27-13-11-18(2)12-14-27/h5-10,15,18H,11-14,16H2,1-4H3,(H,26,29). The van der Waals surface area contributed by atoms with E-state index in [4.69, 9.17) is 0 Å². The number of nitrogens with zero attached hydrogens (tertiary/aromatic N) is 2. The molecule has 33 heavy (non-hydrogen) atoms. The van der Waals surface area contributed by atoms with Gasteiger partial charge in [-0.25, -0.2) is 8.42 Å². The van der Waals surface area contributed by atoms with Crippen LogP contribution in [0, 0.1) is 12.8 Å². The van der Waals surface area contributed by atoms with E-state index >= 15 is 0 Å². The van der Waals surface area contributed by atoms with Gasteiger partial charge in [0.1, 0.15) is 6.54 Å². The van der Waals surface area contributed by atoms with Gasteiger partial charge < -0.3 is 10.2 Å². The predicted molar refractivity (Wildman–Crippen MR) is 129 cm³/mol. The largest absolute Gasteiger partial charge is 0.325 e. The monoisotopic (exact) mass is 469 g/mol. The van der Waals surface area contributed by atoms with E-state index in [9.17, 15) is 18.0 Å². The Balaban J connectivity index is 1.58. The Morgan fingerprint density at radius 1 is 1.09 bits per heavy atom. The van der Waals surface area contributed by atoms with Gasteiger partial charge in [0.2, 0.25) is 21.8 Å². The number of hydrogen-bond acceptors (Lipinski definition) is 4. The van der Waals surface area contributed by atoms with Gasteiger partial charge in [-0.2, -0.15) is 4.31 Å². The lowest BCUT2D eigenvalue weighted by atomic mass is 9.86. The number of hydrogen-bond donors (Lipinski definition) is 1. The zero-order valence-corrected chi connectivity index (χ0v) is 20.4. The van der Waals surface area contributed by atoms with Crippen molar-refractivity contribution in [2.24, 2.45) is 5.92 Å². The van der Waals surface area contributed by atoms with E-state index in [1.165, 1.54) is 9.21 Å². The molecule has 0 aliphatic carbocycles. The van der Waals surface area contributed by atoms with Crippen LogP contribution in [0.3, 0.4) is 0 Å². The van der Waals surface area contributed by atoms with Crippen LogP contribution in [-0.2, 0) is 25.0 Å². The smallest absolute Gasteiger partial charge is 0.244 e. The van der Waals surface area contributed by atoms with Crippen LogP contribution in [0.5, 0.6) is 0 Å². The summed E-state index contributed by atoms with van der Waals surface area (Å²) in [7, 11) is -3.64. The van der Waals surface area contributed by atoms with Gasteiger partial charge in [0, 0.05) is 24.5 Å². The van der Waals surface area contributed by atoms with Crippen LogP contribution in [0.1, 0.15) is 44.7 Å². The van der Waals surface area contributed by atoms with Crippen molar-refractivity contribution in [2.45, 2.75) is 50.8 Å². The molecule has 7 nitrogen and oxygen atoms in total. The lowest BCUT2D eigenvalue weighted by molar-refractivity contribution is -0.124. The van der Waals surface area contributed by atoms with Gasteiger partial charge in [-0.1, -0.05) is 24.6 Å². The molecule has 0 bridgehead atoms. The Hall–Kier alpha value is -2.71. The number of aryl methyl sites for hydroxylation is 1. The first-order chi connectivity index (χ1) is 15.5. The van der Waals surface area contributed by atoms with Gasteiger partial charge in [0.05, 0.1) is 10.3 Å². The van der Waals surface area contributed by atoms with E-state index in [0.29, 0.717) is 35.9 Å². The zero-order valence-electron chi connectivity index (χ0n) is 19.6. The number of amides is 2. The molecule has 2 aromatic rings. The van der Waals surface area contributed by atoms with Crippen LogP contribution in [0.2, 0.25) is 0 Å². The third-order valence-electron chi connectivity index (χ3n) is 6.73. The number of anilines is 2. The number of nitrogens with one attached hydrogen (secondary N) is 1.